The summed E-state index contributed by atoms with van der Waals surface area (Å²) < 4.78 is 15.2. The third kappa shape index (κ3) is 5.52. The van der Waals surface area contributed by atoms with Crippen molar-refractivity contribution in [3.05, 3.63) is 0 Å². The van der Waals surface area contributed by atoms with E-state index in [0.29, 0.717) is 0 Å². The molecule has 0 aliphatic carbocycles. The van der Waals surface area contributed by atoms with Gasteiger partial charge >= 0.3 is 5.97 Å². The van der Waals surface area contributed by atoms with Crippen LogP contribution >= 0.6 is 0 Å². The molecule has 2 saturated heterocycles. The van der Waals surface area contributed by atoms with Gasteiger partial charge in [-0.15, -0.1) is 0 Å². The Bertz CT molecular complexity index is 652. The number of carbonyl (C=O) groups is 2. The Labute approximate surface area is 181 Å². The summed E-state index contributed by atoms with van der Waals surface area (Å²) in [5, 5.41) is 81.1. The predicted octanol–water partition coefficient (Wildman–Crippen LogP) is -7.00. The summed E-state index contributed by atoms with van der Waals surface area (Å²) in [7, 11) is 0. The molecule has 2 fully saturated rings. The molecule has 0 aromatic heterocycles. The molecule has 32 heavy (non-hydrogen) atoms. The third-order valence-corrected chi connectivity index (χ3v) is 5.39. The van der Waals surface area contributed by atoms with Gasteiger partial charge in [-0.05, 0) is 0 Å². The summed E-state index contributed by atoms with van der Waals surface area (Å²) in [5.41, 5.74) is 5.72. The second-order valence-corrected chi connectivity index (χ2v) is 7.68. The fourth-order valence-corrected chi connectivity index (χ4v) is 3.54. The molecule has 0 aromatic carbocycles. The minimum Gasteiger partial charge on any atom is -0.431 e. The minimum atomic E-state index is -1.96. The first-order valence-corrected chi connectivity index (χ1v) is 9.78. The summed E-state index contributed by atoms with van der Waals surface area (Å²) >= 11 is 0. The highest BCUT2D eigenvalue weighted by Crippen LogP contribution is 2.26. The van der Waals surface area contributed by atoms with E-state index in [-0.39, 0.29) is 0 Å². The second kappa shape index (κ2) is 11.1. The van der Waals surface area contributed by atoms with Crippen molar-refractivity contribution >= 4 is 11.9 Å². The maximum Gasteiger partial charge on any atom is 0.328 e. The molecule has 0 aromatic rings. The summed E-state index contributed by atoms with van der Waals surface area (Å²) in [6, 6.07) is -3.34. The molecular weight excluding hydrogens is 440 g/mol. The van der Waals surface area contributed by atoms with Gasteiger partial charge in [-0.25, -0.2) is 0 Å². The van der Waals surface area contributed by atoms with Gasteiger partial charge in [0.15, 0.2) is 0 Å². The Morgan fingerprint density at radius 3 is 2.00 bits per heavy atom. The Morgan fingerprint density at radius 2 is 1.47 bits per heavy atom. The van der Waals surface area contributed by atoms with Crippen molar-refractivity contribution in [2.24, 2.45) is 5.73 Å². The van der Waals surface area contributed by atoms with Crippen LogP contribution in [0, 0.1) is 0 Å². The molecule has 15 heteroatoms. The number of hydrogen-bond acceptors (Lipinski definition) is 14. The van der Waals surface area contributed by atoms with E-state index in [9.17, 15) is 50.4 Å². The molecule has 0 bridgehead atoms. The van der Waals surface area contributed by atoms with Crippen LogP contribution in [-0.2, 0) is 23.8 Å². The molecule has 15 nitrogen and oxygen atoms in total. The number of esters is 1. The number of ether oxygens (including phenoxy) is 3. The Hall–Kier alpha value is -1.50. The van der Waals surface area contributed by atoms with Gasteiger partial charge in [0.25, 0.3) is 0 Å². The number of hydrogen-bond donors (Lipinski definition) is 10. The highest BCUT2D eigenvalue weighted by atomic mass is 16.7. The van der Waals surface area contributed by atoms with E-state index in [0.717, 1.165) is 6.92 Å². The number of amides is 1. The third-order valence-electron chi connectivity index (χ3n) is 5.39. The van der Waals surface area contributed by atoms with Gasteiger partial charge in [0.2, 0.25) is 12.2 Å². The van der Waals surface area contributed by atoms with Gasteiger partial charge in [0.1, 0.15) is 61.0 Å². The molecule has 186 valence electrons. The molecular formula is C17H30N2O13. The predicted molar refractivity (Wildman–Crippen MR) is 99.2 cm³/mol. The van der Waals surface area contributed by atoms with E-state index in [2.05, 4.69) is 5.32 Å². The summed E-state index contributed by atoms with van der Waals surface area (Å²) in [5.74, 6) is -2.03. The molecule has 12 atom stereocenters. The first-order valence-electron chi connectivity index (χ1n) is 9.78. The van der Waals surface area contributed by atoms with Crippen LogP contribution in [0.1, 0.15) is 6.92 Å². The number of rotatable bonds is 7. The number of aliphatic hydroxyl groups excluding tert-OH is 8. The maximum atomic E-state index is 12.4. The van der Waals surface area contributed by atoms with Crippen LogP contribution in [0.25, 0.3) is 0 Å². The molecule has 1 amide bonds. The molecule has 3 unspecified atom stereocenters. The van der Waals surface area contributed by atoms with Crippen molar-refractivity contribution in [1.82, 2.24) is 5.32 Å². The summed E-state index contributed by atoms with van der Waals surface area (Å²) in [6.07, 6.45) is -16.9. The van der Waals surface area contributed by atoms with Crippen molar-refractivity contribution in [2.75, 3.05) is 13.2 Å². The summed E-state index contributed by atoms with van der Waals surface area (Å²) in [4.78, 5) is 23.9. The number of aliphatic hydroxyl groups is 8. The van der Waals surface area contributed by atoms with Crippen LogP contribution in [0.4, 0.5) is 0 Å². The van der Waals surface area contributed by atoms with E-state index >= 15 is 0 Å². The lowest BCUT2D eigenvalue weighted by Gasteiger charge is -2.45. The quantitative estimate of drug-likeness (QED) is 0.155. The fraction of sp³-hybridized carbons (Fsp3) is 0.882. The van der Waals surface area contributed by atoms with E-state index < -0.39 is 98.4 Å². The first kappa shape index (κ1) is 26.7. The number of carbonyl (C=O) groups excluding carboxylic acids is 2. The van der Waals surface area contributed by atoms with E-state index in [1.165, 1.54) is 0 Å². The van der Waals surface area contributed by atoms with Gasteiger partial charge in [-0.1, -0.05) is 0 Å². The van der Waals surface area contributed by atoms with Crippen molar-refractivity contribution in [3.8, 4) is 0 Å². The zero-order chi connectivity index (χ0) is 24.3. The van der Waals surface area contributed by atoms with Gasteiger partial charge in [-0.2, -0.15) is 0 Å². The van der Waals surface area contributed by atoms with Gasteiger partial charge in [-0.3, -0.25) is 9.59 Å². The Balaban J connectivity index is 2.14. The largest absolute Gasteiger partial charge is 0.431 e. The van der Waals surface area contributed by atoms with Crippen molar-refractivity contribution in [1.29, 1.82) is 0 Å². The molecule has 0 radical (unpaired) electrons. The molecule has 11 N–H and O–H groups in total. The van der Waals surface area contributed by atoms with E-state index in [1.807, 2.05) is 0 Å². The van der Waals surface area contributed by atoms with Crippen LogP contribution in [-0.4, -0.2) is 139 Å². The normalized spacial score (nSPS) is 42.1. The highest BCUT2D eigenvalue weighted by Gasteiger charge is 2.51. The van der Waals surface area contributed by atoms with Crippen LogP contribution in [0.15, 0.2) is 0 Å². The van der Waals surface area contributed by atoms with E-state index in [4.69, 9.17) is 19.9 Å². The molecule has 2 aliphatic rings. The van der Waals surface area contributed by atoms with Crippen LogP contribution in [0.5, 0.6) is 0 Å². The lowest BCUT2D eigenvalue weighted by Crippen LogP contribution is -2.69. The topological polar surface area (TPSA) is 262 Å². The van der Waals surface area contributed by atoms with Crippen LogP contribution in [0.2, 0.25) is 0 Å². The standard InChI is InChI=1S/C17H30N2O13/c1-4(22)19-8-12(26)9(23)5(2-20)30-15(8)11(25)7(18)16(29)32-17-14(28)13(27)10(24)6(3-21)31-17/h5-15,17,20-21,23-28H,2-3,18H2,1H3,(H,19,22)/t5-,6-,7+,8-,9+,10+,11?,12-,13+,14-,15?,17?/m1/s1. The van der Waals surface area contributed by atoms with Crippen molar-refractivity contribution < 1.29 is 64.7 Å². The maximum absolute atomic E-state index is 12.4. The van der Waals surface area contributed by atoms with Gasteiger partial charge in [0.05, 0.1) is 19.3 Å². The van der Waals surface area contributed by atoms with Crippen molar-refractivity contribution in [2.45, 2.75) is 80.2 Å². The van der Waals surface area contributed by atoms with Crippen LogP contribution < -0.4 is 11.1 Å². The number of nitrogens with one attached hydrogen (secondary N) is 1. The molecule has 0 saturated carbocycles. The SMILES string of the molecule is CC(=O)N[C@H]1C(C(O)[C@H](N)C(=O)OC2O[C@H](CO)[C@H](O)[C@H](O)[C@H]2O)O[C@H](CO)[C@H](O)[C@@H]1O. The molecule has 2 rings (SSSR count). The van der Waals surface area contributed by atoms with Gasteiger partial charge in [0, 0.05) is 6.92 Å². The lowest BCUT2D eigenvalue weighted by molar-refractivity contribution is -0.294. The zero-order valence-electron chi connectivity index (χ0n) is 17.0. The number of nitrogens with two attached hydrogens (primary N) is 1. The zero-order valence-corrected chi connectivity index (χ0v) is 17.0. The fourth-order valence-electron chi connectivity index (χ4n) is 3.54. The molecule has 0 spiro atoms. The Morgan fingerprint density at radius 1 is 0.938 bits per heavy atom. The van der Waals surface area contributed by atoms with Crippen LogP contribution in [0.3, 0.4) is 0 Å². The molecule has 2 aliphatic heterocycles. The second-order valence-electron chi connectivity index (χ2n) is 7.68. The van der Waals surface area contributed by atoms with Crippen molar-refractivity contribution in [3.63, 3.8) is 0 Å². The average molecular weight is 470 g/mol. The minimum absolute atomic E-state index is 0.665. The summed E-state index contributed by atoms with van der Waals surface area (Å²) in [6.45, 7) is -0.447. The Kier molecular flexibility index (Phi) is 9.26. The highest BCUT2D eigenvalue weighted by molar-refractivity contribution is 5.77. The first-order chi connectivity index (χ1) is 14.9. The monoisotopic (exact) mass is 470 g/mol. The lowest BCUT2D eigenvalue weighted by atomic mass is 9.88. The smallest absolute Gasteiger partial charge is 0.328 e. The van der Waals surface area contributed by atoms with E-state index in [1.54, 1.807) is 0 Å². The van der Waals surface area contributed by atoms with Gasteiger partial charge < -0.3 is 66.1 Å². The average Bonchev–Trinajstić information content (AvgIpc) is 2.76. The molecule has 2 heterocycles.